The number of benzene rings is 2. The molecular weight excluding hydrogens is 495 g/mol. The van der Waals surface area contributed by atoms with Gasteiger partial charge in [-0.1, -0.05) is 35.4 Å². The molecule has 2 aromatic heterocycles. The van der Waals surface area contributed by atoms with Crippen molar-refractivity contribution in [2.45, 2.75) is 23.6 Å². The monoisotopic (exact) mass is 518 g/mol. The van der Waals surface area contributed by atoms with Crippen LogP contribution in [0.15, 0.2) is 107 Å². The van der Waals surface area contributed by atoms with Crippen molar-refractivity contribution >= 4 is 29.8 Å². The van der Waals surface area contributed by atoms with E-state index in [9.17, 15) is 16.8 Å². The third kappa shape index (κ3) is 10.3. The molecule has 0 amide bonds. The zero-order valence-electron chi connectivity index (χ0n) is 18.5. The standard InChI is InChI=1S/C11H11NO2S.C7H7ClO2S.C4H5N.Na.H2O/c1-10-4-6-11(7-5-10)15(13,14)12-8-2-3-9-12;1-6-2-4-7(5-3-6)11(8,9)10;1-2-4-5-3-1;;/h2-9H,1H3;2-5H,1H3;1-5H;;1H2/q;;;+1;/p-1. The van der Waals surface area contributed by atoms with E-state index in [2.05, 4.69) is 4.98 Å². The number of aromatic nitrogens is 2. The summed E-state index contributed by atoms with van der Waals surface area (Å²) >= 11 is 0. The van der Waals surface area contributed by atoms with Crippen LogP contribution in [-0.4, -0.2) is 31.3 Å². The van der Waals surface area contributed by atoms with Crippen molar-refractivity contribution in [3.63, 3.8) is 0 Å². The maximum Gasteiger partial charge on any atom is 1.00 e. The van der Waals surface area contributed by atoms with Gasteiger partial charge in [0.05, 0.1) is 9.79 Å². The van der Waals surface area contributed by atoms with Crippen molar-refractivity contribution in [2.75, 3.05) is 0 Å². The van der Waals surface area contributed by atoms with Gasteiger partial charge in [0.2, 0.25) is 0 Å². The summed E-state index contributed by atoms with van der Waals surface area (Å²) in [4.78, 5) is 3.31. The Balaban J connectivity index is 0.000000502. The summed E-state index contributed by atoms with van der Waals surface area (Å²) in [6.07, 6.45) is 6.80. The molecule has 0 atom stereocenters. The number of rotatable bonds is 3. The molecule has 4 aromatic rings. The first-order chi connectivity index (χ1) is 14.6. The first kappa shape index (κ1) is 31.1. The number of nitrogens with zero attached hydrogens (tertiary/aromatic N) is 1. The first-order valence-corrected chi connectivity index (χ1v) is 12.9. The molecule has 2 heterocycles. The van der Waals surface area contributed by atoms with Crippen molar-refractivity contribution < 1.29 is 51.9 Å². The molecule has 0 aliphatic heterocycles. The fraction of sp³-hybridized carbons (Fsp3) is 0.0909. The average molecular weight is 519 g/mol. The Kier molecular flexibility index (Phi) is 13.6. The van der Waals surface area contributed by atoms with Gasteiger partial charge >= 0.3 is 29.6 Å². The van der Waals surface area contributed by atoms with Crippen LogP contribution in [0, 0.1) is 13.8 Å². The summed E-state index contributed by atoms with van der Waals surface area (Å²) in [5.41, 5.74) is 2.05. The minimum absolute atomic E-state index is 0. The Bertz CT molecular complexity index is 1240. The Morgan fingerprint density at radius 3 is 1.42 bits per heavy atom. The van der Waals surface area contributed by atoms with Crippen LogP contribution in [0.1, 0.15) is 11.1 Å². The Morgan fingerprint density at radius 1 is 0.697 bits per heavy atom. The van der Waals surface area contributed by atoms with Crippen LogP contribution in [0.25, 0.3) is 0 Å². The van der Waals surface area contributed by atoms with Crippen LogP contribution in [0.2, 0.25) is 0 Å². The molecule has 0 aliphatic carbocycles. The van der Waals surface area contributed by atoms with Gasteiger partial charge in [0.15, 0.2) is 0 Å². The molecule has 0 unspecified atom stereocenters. The van der Waals surface area contributed by atoms with Crippen LogP contribution in [0.5, 0.6) is 0 Å². The van der Waals surface area contributed by atoms with Crippen LogP contribution in [0.4, 0.5) is 0 Å². The van der Waals surface area contributed by atoms with Crippen molar-refractivity contribution in [3.05, 3.63) is 109 Å². The maximum atomic E-state index is 12.0. The predicted octanol–water partition coefficient (Wildman–Crippen LogP) is 1.80. The van der Waals surface area contributed by atoms with Crippen molar-refractivity contribution in [2.24, 2.45) is 0 Å². The van der Waals surface area contributed by atoms with Gasteiger partial charge in [-0.15, -0.1) is 0 Å². The normalized spacial score (nSPS) is 10.3. The number of hydrogen-bond acceptors (Lipinski definition) is 5. The molecule has 4 rings (SSSR count). The quantitative estimate of drug-likeness (QED) is 0.327. The number of aryl methyl sites for hydroxylation is 2. The summed E-state index contributed by atoms with van der Waals surface area (Å²) < 4.78 is 46.6. The second-order valence-corrected chi connectivity index (χ2v) is 10.9. The molecule has 0 saturated carbocycles. The van der Waals surface area contributed by atoms with Gasteiger partial charge in [0.25, 0.3) is 19.1 Å². The van der Waals surface area contributed by atoms with E-state index in [-0.39, 0.29) is 39.9 Å². The molecule has 2 aromatic carbocycles. The minimum atomic E-state index is -3.55. The van der Waals surface area contributed by atoms with Crippen molar-refractivity contribution in [1.82, 2.24) is 8.96 Å². The molecule has 0 fully saturated rings. The van der Waals surface area contributed by atoms with Crippen LogP contribution < -0.4 is 29.6 Å². The molecule has 0 aliphatic rings. The fourth-order valence-corrected chi connectivity index (χ4v) is 4.24. The second kappa shape index (κ2) is 14.4. The van der Waals surface area contributed by atoms with Crippen LogP contribution >= 0.6 is 10.7 Å². The fourth-order valence-electron chi connectivity index (χ4n) is 2.29. The van der Waals surface area contributed by atoms with Crippen molar-refractivity contribution in [1.29, 1.82) is 0 Å². The molecule has 7 nitrogen and oxygen atoms in total. The third-order valence-corrected chi connectivity index (χ3v) is 7.01. The second-order valence-electron chi connectivity index (χ2n) is 6.47. The summed E-state index contributed by atoms with van der Waals surface area (Å²) in [7, 11) is -1.86. The van der Waals surface area contributed by atoms with E-state index in [4.69, 9.17) is 10.7 Å². The molecule has 0 radical (unpaired) electrons. The molecule has 0 spiro atoms. The van der Waals surface area contributed by atoms with E-state index in [1.165, 1.54) is 28.5 Å². The van der Waals surface area contributed by atoms with E-state index in [0.717, 1.165) is 11.1 Å². The van der Waals surface area contributed by atoms with E-state index in [1.54, 1.807) is 48.5 Å². The summed E-state index contributed by atoms with van der Waals surface area (Å²) in [6.45, 7) is 3.80. The third-order valence-electron chi connectivity index (χ3n) is 3.97. The number of aromatic amines is 1. The molecule has 2 N–H and O–H groups in total. The SMILES string of the molecule is Cc1ccc(S(=O)(=O)Cl)cc1.Cc1ccc(S(=O)(=O)n2cccc2)cc1.[Na+].[OH-].c1cc[nH]c1. The Labute approximate surface area is 221 Å². The molecule has 11 heteroatoms. The molecule has 172 valence electrons. The smallest absolute Gasteiger partial charge is 0.870 e. The van der Waals surface area contributed by atoms with Gasteiger partial charge in [0, 0.05) is 35.5 Å². The number of hydrogen-bond donors (Lipinski definition) is 1. The molecule has 0 saturated heterocycles. The summed E-state index contributed by atoms with van der Waals surface area (Å²) in [5.74, 6) is 0. The predicted molar refractivity (Wildman–Crippen MR) is 125 cm³/mol. The zero-order chi connectivity index (χ0) is 22.9. The van der Waals surface area contributed by atoms with Crippen LogP contribution in [-0.2, 0) is 19.1 Å². The Morgan fingerprint density at radius 2 is 1.09 bits per heavy atom. The van der Waals surface area contributed by atoms with Crippen LogP contribution in [0.3, 0.4) is 0 Å². The average Bonchev–Trinajstić information content (AvgIpc) is 3.45. The van der Waals surface area contributed by atoms with E-state index in [1.807, 2.05) is 38.4 Å². The minimum Gasteiger partial charge on any atom is -0.870 e. The number of halogens is 1. The summed E-state index contributed by atoms with van der Waals surface area (Å²) in [5, 5.41) is 0. The van der Waals surface area contributed by atoms with Gasteiger partial charge in [0.1, 0.15) is 0 Å². The largest absolute Gasteiger partial charge is 1.00 e. The van der Waals surface area contributed by atoms with E-state index < -0.39 is 19.1 Å². The topological polar surface area (TPSA) is 119 Å². The van der Waals surface area contributed by atoms with E-state index in [0.29, 0.717) is 4.90 Å². The molecular formula is C22H24ClN2NaO5S2. The maximum absolute atomic E-state index is 12.0. The van der Waals surface area contributed by atoms with Gasteiger partial charge in [-0.2, -0.15) is 0 Å². The zero-order valence-corrected chi connectivity index (χ0v) is 22.8. The molecule has 33 heavy (non-hydrogen) atoms. The first-order valence-electron chi connectivity index (χ1n) is 9.15. The van der Waals surface area contributed by atoms with E-state index >= 15 is 0 Å². The number of nitrogens with one attached hydrogen (secondary N) is 1. The van der Waals surface area contributed by atoms with Gasteiger partial charge in [-0.25, -0.2) is 20.8 Å². The van der Waals surface area contributed by atoms with Gasteiger partial charge in [-0.3, -0.25) is 0 Å². The van der Waals surface area contributed by atoms with Gasteiger partial charge in [-0.05, 0) is 62.4 Å². The molecule has 0 bridgehead atoms. The van der Waals surface area contributed by atoms with Crippen molar-refractivity contribution in [3.8, 4) is 0 Å². The number of H-pyrrole nitrogens is 1. The Hall–Kier alpha value is -1.85. The summed E-state index contributed by atoms with van der Waals surface area (Å²) in [6, 6.07) is 20.4. The van der Waals surface area contributed by atoms with Gasteiger partial charge < -0.3 is 10.5 Å².